The summed E-state index contributed by atoms with van der Waals surface area (Å²) in [5.41, 5.74) is 2.67. The van der Waals surface area contributed by atoms with Gasteiger partial charge < -0.3 is 5.11 Å². The Morgan fingerprint density at radius 1 is 1.11 bits per heavy atom. The number of phenolic OH excluding ortho intramolecular Hbond substituents is 1. The van der Waals surface area contributed by atoms with E-state index in [1.54, 1.807) is 0 Å². The molecule has 1 nitrogen and oxygen atoms in total. The lowest BCUT2D eigenvalue weighted by Crippen LogP contribution is -2.08. The van der Waals surface area contributed by atoms with Crippen molar-refractivity contribution in [2.75, 3.05) is 0 Å². The zero-order valence-electron chi connectivity index (χ0n) is 11.6. The van der Waals surface area contributed by atoms with Crippen LogP contribution in [0.1, 0.15) is 75.3 Å². The molecule has 18 heavy (non-hydrogen) atoms. The van der Waals surface area contributed by atoms with Crippen molar-refractivity contribution < 1.29 is 5.11 Å². The lowest BCUT2D eigenvalue weighted by Gasteiger charge is -2.25. The Bertz CT molecular complexity index is 364. The van der Waals surface area contributed by atoms with Crippen molar-refractivity contribution in [3.8, 4) is 5.75 Å². The maximum absolute atomic E-state index is 10.2. The zero-order chi connectivity index (χ0) is 12.8. The Hall–Kier alpha value is -0.980. The molecule has 0 atom stereocenters. The van der Waals surface area contributed by atoms with E-state index in [1.807, 2.05) is 12.1 Å². The normalized spacial score (nSPS) is 16.9. The first kappa shape index (κ1) is 13.5. The van der Waals surface area contributed by atoms with Crippen molar-refractivity contribution in [1.82, 2.24) is 0 Å². The molecular weight excluding hydrogens is 220 g/mol. The lowest BCUT2D eigenvalue weighted by atomic mass is 9.81. The van der Waals surface area contributed by atoms with E-state index in [4.69, 9.17) is 0 Å². The molecule has 0 radical (unpaired) electrons. The minimum Gasteiger partial charge on any atom is -0.508 e. The summed E-state index contributed by atoms with van der Waals surface area (Å²) in [7, 11) is 0. The van der Waals surface area contributed by atoms with E-state index in [0.717, 1.165) is 6.42 Å². The first-order valence-electron chi connectivity index (χ1n) is 7.63. The number of unbranched alkanes of at least 4 members (excludes halogenated alkanes) is 2. The van der Waals surface area contributed by atoms with Crippen molar-refractivity contribution in [3.63, 3.8) is 0 Å². The number of hydrogen-bond acceptors (Lipinski definition) is 1. The molecule has 0 heterocycles. The number of benzene rings is 1. The maximum Gasteiger partial charge on any atom is 0.119 e. The molecule has 1 aliphatic carbocycles. The van der Waals surface area contributed by atoms with Crippen molar-refractivity contribution in [2.45, 2.75) is 70.6 Å². The SMILES string of the molecule is CCCCCc1cccc(O)c1C1CCCCC1. The first-order chi connectivity index (χ1) is 8.83. The molecule has 100 valence electrons. The van der Waals surface area contributed by atoms with Crippen molar-refractivity contribution >= 4 is 0 Å². The molecule has 1 aromatic rings. The van der Waals surface area contributed by atoms with Gasteiger partial charge in [0.2, 0.25) is 0 Å². The van der Waals surface area contributed by atoms with Gasteiger partial charge in [-0.05, 0) is 43.2 Å². The van der Waals surface area contributed by atoms with Crippen LogP contribution in [0.5, 0.6) is 5.75 Å². The predicted octanol–water partition coefficient (Wildman–Crippen LogP) is 5.17. The second-order valence-electron chi connectivity index (χ2n) is 5.64. The molecule has 0 bridgehead atoms. The second-order valence-corrected chi connectivity index (χ2v) is 5.64. The van der Waals surface area contributed by atoms with Crippen LogP contribution in [-0.4, -0.2) is 5.11 Å². The molecule has 2 rings (SSSR count). The summed E-state index contributed by atoms with van der Waals surface area (Å²) in [6, 6.07) is 6.09. The number of rotatable bonds is 5. The van der Waals surface area contributed by atoms with Crippen LogP contribution in [0.3, 0.4) is 0 Å². The Morgan fingerprint density at radius 2 is 1.89 bits per heavy atom. The van der Waals surface area contributed by atoms with Gasteiger partial charge >= 0.3 is 0 Å². The standard InChI is InChI=1S/C17H26O/c1-2-3-5-9-15-12-8-13-16(18)17(15)14-10-6-4-7-11-14/h8,12-14,18H,2-7,9-11H2,1H3. The quantitative estimate of drug-likeness (QED) is 0.710. The average molecular weight is 246 g/mol. The minimum absolute atomic E-state index is 0.538. The van der Waals surface area contributed by atoms with Gasteiger partial charge in [0, 0.05) is 5.56 Å². The first-order valence-corrected chi connectivity index (χ1v) is 7.63. The number of aromatic hydroxyl groups is 1. The van der Waals surface area contributed by atoms with E-state index >= 15 is 0 Å². The smallest absolute Gasteiger partial charge is 0.119 e. The van der Waals surface area contributed by atoms with Crippen LogP contribution < -0.4 is 0 Å². The molecule has 1 N–H and O–H groups in total. The summed E-state index contributed by atoms with van der Waals surface area (Å²) < 4.78 is 0. The fraction of sp³-hybridized carbons (Fsp3) is 0.647. The minimum atomic E-state index is 0.538. The Balaban J connectivity index is 2.14. The number of hydrogen-bond donors (Lipinski definition) is 1. The van der Waals surface area contributed by atoms with E-state index in [1.165, 1.54) is 62.5 Å². The van der Waals surface area contributed by atoms with Crippen molar-refractivity contribution in [1.29, 1.82) is 0 Å². The fourth-order valence-electron chi connectivity index (χ4n) is 3.25. The number of phenols is 1. The maximum atomic E-state index is 10.2. The van der Waals surface area contributed by atoms with Gasteiger partial charge in [-0.2, -0.15) is 0 Å². The summed E-state index contributed by atoms with van der Waals surface area (Å²) in [5, 5.41) is 10.2. The van der Waals surface area contributed by atoms with Crippen molar-refractivity contribution in [2.24, 2.45) is 0 Å². The van der Waals surface area contributed by atoms with Gasteiger partial charge in [-0.15, -0.1) is 0 Å². The predicted molar refractivity (Wildman–Crippen MR) is 77.2 cm³/mol. The van der Waals surface area contributed by atoms with Crippen LogP contribution in [-0.2, 0) is 6.42 Å². The van der Waals surface area contributed by atoms with Gasteiger partial charge in [0.05, 0.1) is 0 Å². The number of aryl methyl sites for hydroxylation is 1. The Labute approximate surface area is 111 Å². The third-order valence-corrected chi connectivity index (χ3v) is 4.24. The second kappa shape index (κ2) is 6.82. The van der Waals surface area contributed by atoms with Gasteiger partial charge in [0.1, 0.15) is 5.75 Å². The Morgan fingerprint density at radius 3 is 2.61 bits per heavy atom. The average Bonchev–Trinajstić information content (AvgIpc) is 2.40. The van der Waals surface area contributed by atoms with Gasteiger partial charge in [-0.3, -0.25) is 0 Å². The summed E-state index contributed by atoms with van der Waals surface area (Å²) >= 11 is 0. The van der Waals surface area contributed by atoms with Crippen LogP contribution in [0.2, 0.25) is 0 Å². The van der Waals surface area contributed by atoms with Crippen LogP contribution >= 0.6 is 0 Å². The van der Waals surface area contributed by atoms with Crippen molar-refractivity contribution in [3.05, 3.63) is 29.3 Å². The molecule has 1 aliphatic rings. The summed E-state index contributed by atoms with van der Waals surface area (Å²) in [5.74, 6) is 1.15. The lowest BCUT2D eigenvalue weighted by molar-refractivity contribution is 0.411. The fourth-order valence-corrected chi connectivity index (χ4v) is 3.25. The molecule has 0 unspecified atom stereocenters. The molecule has 1 saturated carbocycles. The molecule has 0 aliphatic heterocycles. The molecule has 1 aromatic carbocycles. The third-order valence-electron chi connectivity index (χ3n) is 4.24. The zero-order valence-corrected chi connectivity index (χ0v) is 11.6. The monoisotopic (exact) mass is 246 g/mol. The molecule has 1 fully saturated rings. The third kappa shape index (κ3) is 3.28. The molecule has 1 heteroatoms. The highest BCUT2D eigenvalue weighted by Crippen LogP contribution is 2.39. The molecule has 0 saturated heterocycles. The molecule has 0 aromatic heterocycles. The Kier molecular flexibility index (Phi) is 5.10. The highest BCUT2D eigenvalue weighted by molar-refractivity contribution is 5.42. The molecule has 0 spiro atoms. The topological polar surface area (TPSA) is 20.2 Å². The highest BCUT2D eigenvalue weighted by Gasteiger charge is 2.21. The van der Waals surface area contributed by atoms with E-state index in [2.05, 4.69) is 13.0 Å². The van der Waals surface area contributed by atoms with Gasteiger partial charge in [0.25, 0.3) is 0 Å². The van der Waals surface area contributed by atoms with E-state index in [-0.39, 0.29) is 0 Å². The summed E-state index contributed by atoms with van der Waals surface area (Å²) in [4.78, 5) is 0. The van der Waals surface area contributed by atoms with E-state index in [9.17, 15) is 5.11 Å². The summed E-state index contributed by atoms with van der Waals surface area (Å²) in [6.07, 6.45) is 11.5. The van der Waals surface area contributed by atoms with Crippen LogP contribution in [0.4, 0.5) is 0 Å². The van der Waals surface area contributed by atoms with Crippen LogP contribution in [0.15, 0.2) is 18.2 Å². The largest absolute Gasteiger partial charge is 0.508 e. The molecule has 0 amide bonds. The van der Waals surface area contributed by atoms with E-state index < -0.39 is 0 Å². The molecular formula is C17H26O. The summed E-state index contributed by atoms with van der Waals surface area (Å²) in [6.45, 7) is 2.24. The van der Waals surface area contributed by atoms with Gasteiger partial charge in [-0.25, -0.2) is 0 Å². The van der Waals surface area contributed by atoms with Gasteiger partial charge in [0.15, 0.2) is 0 Å². The van der Waals surface area contributed by atoms with E-state index in [0.29, 0.717) is 11.7 Å². The van der Waals surface area contributed by atoms with Crippen LogP contribution in [0.25, 0.3) is 0 Å². The van der Waals surface area contributed by atoms with Gasteiger partial charge in [-0.1, -0.05) is 51.2 Å². The highest BCUT2D eigenvalue weighted by atomic mass is 16.3. The van der Waals surface area contributed by atoms with Crippen LogP contribution in [0, 0.1) is 0 Å².